The second-order valence-electron chi connectivity index (χ2n) is 8.99. The molecular weight excluding hydrogens is 423 g/mol. The Morgan fingerprint density at radius 3 is 2.59 bits per heavy atom. The molecule has 2 unspecified atom stereocenters. The number of hydrogen-bond donors (Lipinski definition) is 1. The third-order valence-corrected chi connectivity index (χ3v) is 6.84. The van der Waals surface area contributed by atoms with Crippen molar-refractivity contribution in [2.75, 3.05) is 19.6 Å². The van der Waals surface area contributed by atoms with Crippen LogP contribution in [0.5, 0.6) is 0 Å². The average Bonchev–Trinajstić information content (AvgIpc) is 3.39. The van der Waals surface area contributed by atoms with Gasteiger partial charge < -0.3 is 4.90 Å². The summed E-state index contributed by atoms with van der Waals surface area (Å²) in [5, 5.41) is 17.1. The number of benzene rings is 3. The number of nitrogens with zero attached hydrogens (tertiary/aromatic N) is 3. The molecule has 2 atom stereocenters. The molecule has 34 heavy (non-hydrogen) atoms. The van der Waals surface area contributed by atoms with Crippen LogP contribution in [0.15, 0.2) is 84.9 Å². The lowest BCUT2D eigenvalue weighted by molar-refractivity contribution is 0.189. The summed E-state index contributed by atoms with van der Waals surface area (Å²) in [6, 6.07) is 29.4. The SMILES string of the molecule is N#Cc1cccc(-c2cc(C3CCN(CCc4ccccc4)CC3c3ccc(F)cc3)[nH]n2)c1. The third kappa shape index (κ3) is 4.93. The largest absolute Gasteiger partial charge is 0.302 e. The van der Waals surface area contributed by atoms with Gasteiger partial charge in [0.25, 0.3) is 0 Å². The number of nitrogens with one attached hydrogen (secondary N) is 1. The highest BCUT2D eigenvalue weighted by Gasteiger charge is 2.32. The zero-order chi connectivity index (χ0) is 23.3. The predicted molar refractivity (Wildman–Crippen MR) is 132 cm³/mol. The minimum absolute atomic E-state index is 0.210. The monoisotopic (exact) mass is 450 g/mol. The maximum atomic E-state index is 13.7. The molecule has 0 bridgehead atoms. The number of nitriles is 1. The molecule has 1 aromatic heterocycles. The van der Waals surface area contributed by atoms with E-state index in [0.717, 1.165) is 55.0 Å². The van der Waals surface area contributed by atoms with E-state index < -0.39 is 0 Å². The number of aromatic nitrogens is 2. The van der Waals surface area contributed by atoms with Crippen molar-refractivity contribution in [1.82, 2.24) is 15.1 Å². The van der Waals surface area contributed by atoms with E-state index >= 15 is 0 Å². The number of aromatic amines is 1. The van der Waals surface area contributed by atoms with Crippen LogP contribution in [-0.2, 0) is 6.42 Å². The Kier molecular flexibility index (Phi) is 6.51. The van der Waals surface area contributed by atoms with Crippen molar-refractivity contribution < 1.29 is 4.39 Å². The molecule has 1 N–H and O–H groups in total. The molecule has 0 aliphatic carbocycles. The van der Waals surface area contributed by atoms with Crippen LogP contribution in [0.25, 0.3) is 11.3 Å². The number of hydrogen-bond acceptors (Lipinski definition) is 3. The molecule has 0 saturated carbocycles. The molecule has 170 valence electrons. The minimum Gasteiger partial charge on any atom is -0.302 e. The van der Waals surface area contributed by atoms with E-state index in [2.05, 4.69) is 57.6 Å². The second kappa shape index (κ2) is 10.0. The predicted octanol–water partition coefficient (Wildman–Crippen LogP) is 5.90. The first-order valence-corrected chi connectivity index (χ1v) is 11.8. The summed E-state index contributed by atoms with van der Waals surface area (Å²) < 4.78 is 13.7. The van der Waals surface area contributed by atoms with E-state index in [1.807, 2.05) is 30.3 Å². The van der Waals surface area contributed by atoms with Gasteiger partial charge in [-0.3, -0.25) is 5.10 Å². The molecule has 1 aliphatic heterocycles. The molecule has 5 heteroatoms. The van der Waals surface area contributed by atoms with Crippen molar-refractivity contribution in [2.45, 2.75) is 24.7 Å². The topological polar surface area (TPSA) is 55.7 Å². The van der Waals surface area contributed by atoms with Gasteiger partial charge in [-0.15, -0.1) is 0 Å². The lowest BCUT2D eigenvalue weighted by Crippen LogP contribution is -2.39. The lowest BCUT2D eigenvalue weighted by atomic mass is 9.78. The van der Waals surface area contributed by atoms with Gasteiger partial charge in [0.2, 0.25) is 0 Å². The lowest BCUT2D eigenvalue weighted by Gasteiger charge is -2.38. The van der Waals surface area contributed by atoms with E-state index in [1.165, 1.54) is 5.56 Å². The van der Waals surface area contributed by atoms with Gasteiger partial charge in [0, 0.05) is 36.2 Å². The highest BCUT2D eigenvalue weighted by molar-refractivity contribution is 5.61. The van der Waals surface area contributed by atoms with E-state index in [4.69, 9.17) is 0 Å². The van der Waals surface area contributed by atoms with Crippen molar-refractivity contribution in [3.8, 4) is 17.3 Å². The first-order valence-electron chi connectivity index (χ1n) is 11.8. The average molecular weight is 451 g/mol. The van der Waals surface area contributed by atoms with Gasteiger partial charge in [0.15, 0.2) is 0 Å². The van der Waals surface area contributed by atoms with Gasteiger partial charge >= 0.3 is 0 Å². The van der Waals surface area contributed by atoms with Crippen molar-refractivity contribution in [3.63, 3.8) is 0 Å². The molecule has 0 spiro atoms. The van der Waals surface area contributed by atoms with Crippen LogP contribution in [0.4, 0.5) is 4.39 Å². The van der Waals surface area contributed by atoms with Crippen LogP contribution in [0.3, 0.4) is 0 Å². The Hall–Kier alpha value is -3.75. The molecule has 1 fully saturated rings. The summed E-state index contributed by atoms with van der Waals surface area (Å²) in [4.78, 5) is 2.52. The summed E-state index contributed by atoms with van der Waals surface area (Å²) >= 11 is 0. The van der Waals surface area contributed by atoms with Gasteiger partial charge in [-0.25, -0.2) is 4.39 Å². The van der Waals surface area contributed by atoms with Crippen LogP contribution in [0, 0.1) is 17.1 Å². The molecule has 1 aliphatic rings. The molecular formula is C29H27FN4. The zero-order valence-electron chi connectivity index (χ0n) is 19.0. The number of halogens is 1. The third-order valence-electron chi connectivity index (χ3n) is 6.84. The Balaban J connectivity index is 1.38. The van der Waals surface area contributed by atoms with Crippen LogP contribution >= 0.6 is 0 Å². The quantitative estimate of drug-likeness (QED) is 0.398. The normalized spacial score (nSPS) is 18.5. The van der Waals surface area contributed by atoms with Crippen LogP contribution in [0.1, 0.15) is 40.6 Å². The fourth-order valence-electron chi connectivity index (χ4n) is 5.00. The van der Waals surface area contributed by atoms with Crippen LogP contribution in [0.2, 0.25) is 0 Å². The van der Waals surface area contributed by atoms with Crippen molar-refractivity contribution in [3.05, 3.63) is 113 Å². The standard InChI is InChI=1S/C29H27FN4/c30-25-11-9-23(10-12-25)27-20-34(15-13-21-5-2-1-3-6-21)16-14-26(27)29-18-28(32-33-29)24-8-4-7-22(17-24)19-31/h1-12,17-18,26-27H,13-16,20H2,(H,32,33). The summed E-state index contributed by atoms with van der Waals surface area (Å²) in [5.41, 5.74) is 5.99. The van der Waals surface area contributed by atoms with Gasteiger partial charge in [0.05, 0.1) is 17.3 Å². The summed E-state index contributed by atoms with van der Waals surface area (Å²) in [6.45, 7) is 2.93. The molecule has 0 radical (unpaired) electrons. The number of likely N-dealkylation sites (tertiary alicyclic amines) is 1. The van der Waals surface area contributed by atoms with Crippen molar-refractivity contribution in [2.24, 2.45) is 0 Å². The zero-order valence-corrected chi connectivity index (χ0v) is 19.0. The number of H-pyrrole nitrogens is 1. The summed E-state index contributed by atoms with van der Waals surface area (Å²) in [6.07, 6.45) is 2.02. The molecule has 5 rings (SSSR count). The fourth-order valence-corrected chi connectivity index (χ4v) is 5.00. The van der Waals surface area contributed by atoms with Crippen LogP contribution in [-0.4, -0.2) is 34.7 Å². The van der Waals surface area contributed by atoms with Crippen molar-refractivity contribution in [1.29, 1.82) is 5.26 Å². The Morgan fingerprint density at radius 2 is 1.79 bits per heavy atom. The van der Waals surface area contributed by atoms with Gasteiger partial charge in [-0.1, -0.05) is 54.6 Å². The van der Waals surface area contributed by atoms with E-state index in [-0.39, 0.29) is 17.7 Å². The van der Waals surface area contributed by atoms with E-state index in [0.29, 0.717) is 5.56 Å². The maximum Gasteiger partial charge on any atom is 0.123 e. The second-order valence-corrected chi connectivity index (χ2v) is 8.99. The van der Waals surface area contributed by atoms with Crippen molar-refractivity contribution >= 4 is 0 Å². The first-order chi connectivity index (χ1) is 16.7. The van der Waals surface area contributed by atoms with Crippen LogP contribution < -0.4 is 0 Å². The molecule has 4 nitrogen and oxygen atoms in total. The number of rotatable bonds is 6. The van der Waals surface area contributed by atoms with Gasteiger partial charge in [-0.05, 0) is 60.8 Å². The molecule has 4 aromatic rings. The Morgan fingerprint density at radius 1 is 0.971 bits per heavy atom. The minimum atomic E-state index is -0.210. The highest BCUT2D eigenvalue weighted by atomic mass is 19.1. The highest BCUT2D eigenvalue weighted by Crippen LogP contribution is 2.40. The van der Waals surface area contributed by atoms with Gasteiger partial charge in [0.1, 0.15) is 5.82 Å². The van der Waals surface area contributed by atoms with E-state index in [9.17, 15) is 9.65 Å². The molecule has 3 aromatic carbocycles. The fraction of sp³-hybridized carbons (Fsp3) is 0.241. The first kappa shape index (κ1) is 22.1. The summed E-state index contributed by atoms with van der Waals surface area (Å²) in [7, 11) is 0. The molecule has 1 saturated heterocycles. The Labute approximate surface area is 199 Å². The molecule has 2 heterocycles. The maximum absolute atomic E-state index is 13.7. The van der Waals surface area contributed by atoms with Gasteiger partial charge in [-0.2, -0.15) is 10.4 Å². The smallest absolute Gasteiger partial charge is 0.123 e. The molecule has 0 amide bonds. The summed E-state index contributed by atoms with van der Waals surface area (Å²) in [5.74, 6) is 0.293. The number of piperidine rings is 1. The Bertz CT molecular complexity index is 1270. The van der Waals surface area contributed by atoms with E-state index in [1.54, 1.807) is 18.2 Å².